The van der Waals surface area contributed by atoms with Crippen LogP contribution < -0.4 is 8.92 Å². The number of hydrogen-bond acceptors (Lipinski definition) is 7. The lowest BCUT2D eigenvalue weighted by Crippen LogP contribution is -2.75. The summed E-state index contributed by atoms with van der Waals surface area (Å²) in [5.74, 6) is -0.763. The number of likely N-dealkylation sites (tertiary alicyclic amines) is 1. The largest absolute Gasteiger partial charge is 0.534 e. The van der Waals surface area contributed by atoms with Crippen molar-refractivity contribution in [2.45, 2.75) is 47.6 Å². The topological polar surface area (TPSA) is 96.3 Å². The second-order valence-electron chi connectivity index (χ2n) is 8.05. The molecule has 0 unspecified atom stereocenters. The first-order chi connectivity index (χ1) is 13.4. The van der Waals surface area contributed by atoms with Crippen LogP contribution in [-0.2, 0) is 22.0 Å². The van der Waals surface area contributed by atoms with Crippen molar-refractivity contribution in [3.63, 3.8) is 0 Å². The zero-order valence-corrected chi connectivity index (χ0v) is 16.0. The number of alkyl halides is 3. The molecule has 1 spiro atoms. The molecule has 158 valence electrons. The molecular formula is C18H18F3NO6S. The highest BCUT2D eigenvalue weighted by Gasteiger charge is 2.71. The van der Waals surface area contributed by atoms with Gasteiger partial charge in [0, 0.05) is 11.6 Å². The quantitative estimate of drug-likeness (QED) is 0.405. The number of likely N-dealkylation sites (N-methyl/N-ethyl adjacent to an activating group) is 1. The molecule has 1 aromatic rings. The summed E-state index contributed by atoms with van der Waals surface area (Å²) in [7, 11) is -4.03. The number of nitrogens with zero attached hydrogens (tertiary/aromatic N) is 1. The van der Waals surface area contributed by atoms with E-state index >= 15 is 0 Å². The van der Waals surface area contributed by atoms with Gasteiger partial charge in [0.05, 0.1) is 5.41 Å². The molecule has 2 heterocycles. The molecular weight excluding hydrogens is 415 g/mol. The van der Waals surface area contributed by atoms with Gasteiger partial charge in [-0.1, -0.05) is 18.2 Å². The van der Waals surface area contributed by atoms with Gasteiger partial charge in [0.2, 0.25) is 0 Å². The Morgan fingerprint density at radius 1 is 1.34 bits per heavy atom. The van der Waals surface area contributed by atoms with Gasteiger partial charge in [0.25, 0.3) is 0 Å². The Hall–Kier alpha value is -1.82. The number of piperidine rings is 1. The molecule has 29 heavy (non-hydrogen) atoms. The number of rotatable bonds is 2. The first kappa shape index (κ1) is 19.2. The molecule has 7 nitrogen and oxygen atoms in total. The van der Waals surface area contributed by atoms with Crippen molar-refractivity contribution in [2.75, 3.05) is 13.6 Å². The Morgan fingerprint density at radius 3 is 2.76 bits per heavy atom. The highest BCUT2D eigenvalue weighted by molar-refractivity contribution is 7.88. The zero-order chi connectivity index (χ0) is 21.0. The summed E-state index contributed by atoms with van der Waals surface area (Å²) in [4.78, 5) is 2.00. The van der Waals surface area contributed by atoms with Crippen molar-refractivity contribution < 1.29 is 40.7 Å². The van der Waals surface area contributed by atoms with Crippen LogP contribution in [0.4, 0.5) is 13.2 Å². The van der Waals surface area contributed by atoms with Crippen LogP contribution in [-0.4, -0.2) is 66.5 Å². The van der Waals surface area contributed by atoms with Crippen molar-refractivity contribution >= 4 is 10.1 Å². The molecule has 5 atom stereocenters. The average molecular weight is 433 g/mol. The van der Waals surface area contributed by atoms with Gasteiger partial charge in [0.15, 0.2) is 11.5 Å². The smallest absolute Gasteiger partial charge is 0.482 e. The monoisotopic (exact) mass is 433 g/mol. The first-order valence-corrected chi connectivity index (χ1v) is 10.5. The molecule has 2 aliphatic heterocycles. The molecule has 2 N–H and O–H groups in total. The summed E-state index contributed by atoms with van der Waals surface area (Å²) >= 11 is 0. The van der Waals surface area contributed by atoms with E-state index in [1.165, 1.54) is 18.2 Å². The number of ether oxygens (including phenoxy) is 1. The summed E-state index contributed by atoms with van der Waals surface area (Å²) in [5, 5.41) is 22.2. The van der Waals surface area contributed by atoms with Crippen LogP contribution in [0.2, 0.25) is 0 Å². The van der Waals surface area contributed by atoms with Gasteiger partial charge in [0.1, 0.15) is 17.8 Å². The van der Waals surface area contributed by atoms with E-state index in [-0.39, 0.29) is 11.8 Å². The molecule has 5 rings (SSSR count). The van der Waals surface area contributed by atoms with Gasteiger partial charge in [-0.05, 0) is 38.1 Å². The highest BCUT2D eigenvalue weighted by atomic mass is 32.2. The maximum atomic E-state index is 12.8. The number of benzene rings is 1. The minimum Gasteiger partial charge on any atom is -0.482 e. The minimum atomic E-state index is -5.90. The first-order valence-electron chi connectivity index (χ1n) is 9.06. The summed E-state index contributed by atoms with van der Waals surface area (Å²) in [6, 6.07) is 2.31. The summed E-state index contributed by atoms with van der Waals surface area (Å²) in [6.45, 7) is 0.568. The third kappa shape index (κ3) is 2.16. The third-order valence-corrected chi connectivity index (χ3v) is 7.72. The van der Waals surface area contributed by atoms with E-state index in [1.807, 2.05) is 11.9 Å². The lowest BCUT2D eigenvalue weighted by molar-refractivity contribution is -0.151. The fraction of sp³-hybridized carbons (Fsp3) is 0.556. The maximum absolute atomic E-state index is 12.8. The molecule has 0 radical (unpaired) electrons. The van der Waals surface area contributed by atoms with E-state index in [9.17, 15) is 31.8 Å². The second kappa shape index (κ2) is 5.45. The van der Waals surface area contributed by atoms with Crippen molar-refractivity contribution in [1.29, 1.82) is 0 Å². The highest BCUT2D eigenvalue weighted by Crippen LogP contribution is 2.64. The third-order valence-electron chi connectivity index (χ3n) is 6.75. The van der Waals surface area contributed by atoms with Gasteiger partial charge in [-0.15, -0.1) is 0 Å². The predicted molar refractivity (Wildman–Crippen MR) is 93.0 cm³/mol. The minimum absolute atomic E-state index is 0.162. The van der Waals surface area contributed by atoms with Crippen LogP contribution in [0.1, 0.15) is 17.5 Å². The Bertz CT molecular complexity index is 1040. The van der Waals surface area contributed by atoms with Gasteiger partial charge < -0.3 is 19.1 Å². The molecule has 2 aliphatic carbocycles. The van der Waals surface area contributed by atoms with Crippen molar-refractivity contribution in [3.8, 4) is 11.5 Å². The summed E-state index contributed by atoms with van der Waals surface area (Å²) in [5.41, 5.74) is -6.98. The van der Waals surface area contributed by atoms with E-state index in [2.05, 4.69) is 4.18 Å². The molecule has 0 aromatic heterocycles. The molecule has 2 bridgehead atoms. The van der Waals surface area contributed by atoms with Crippen LogP contribution in [0.5, 0.6) is 11.5 Å². The van der Waals surface area contributed by atoms with E-state index < -0.39 is 44.6 Å². The molecule has 1 fully saturated rings. The van der Waals surface area contributed by atoms with Crippen molar-refractivity contribution in [1.82, 2.24) is 4.90 Å². The number of aliphatic hydroxyl groups excluding tert-OH is 1. The van der Waals surface area contributed by atoms with Crippen LogP contribution >= 0.6 is 0 Å². The van der Waals surface area contributed by atoms with E-state index in [1.54, 1.807) is 0 Å². The van der Waals surface area contributed by atoms with Crippen molar-refractivity contribution in [3.05, 3.63) is 35.4 Å². The van der Waals surface area contributed by atoms with E-state index in [0.29, 0.717) is 24.9 Å². The van der Waals surface area contributed by atoms with Gasteiger partial charge >= 0.3 is 15.6 Å². The predicted octanol–water partition coefficient (Wildman–Crippen LogP) is 0.836. The van der Waals surface area contributed by atoms with Crippen LogP contribution in [0.25, 0.3) is 0 Å². The summed E-state index contributed by atoms with van der Waals surface area (Å²) in [6.07, 6.45) is 1.62. The molecule has 0 amide bonds. The van der Waals surface area contributed by atoms with E-state index in [0.717, 1.165) is 11.6 Å². The zero-order valence-electron chi connectivity index (χ0n) is 15.2. The van der Waals surface area contributed by atoms with Crippen LogP contribution in [0, 0.1) is 0 Å². The fourth-order valence-corrected chi connectivity index (χ4v) is 5.97. The molecule has 0 saturated carbocycles. The maximum Gasteiger partial charge on any atom is 0.534 e. The van der Waals surface area contributed by atoms with Gasteiger partial charge in [-0.2, -0.15) is 21.6 Å². The Labute approximate surface area is 164 Å². The standard InChI is InChI=1S/C18H18F3NO6S/c1-22-7-6-16-13-9-2-3-11(28-29(25,26)18(19,20)21)14(13)27-15(16)10(23)4-5-17(16,24)12(22)8-9/h2-5,10,12,15,23-24H,6-8H2,1H3/t10-,12+,15-,16-,17+/m0/s1. The Kier molecular flexibility index (Phi) is 3.60. The molecule has 1 saturated heterocycles. The van der Waals surface area contributed by atoms with E-state index in [4.69, 9.17) is 4.74 Å². The lowest BCUT2D eigenvalue weighted by atomic mass is 9.50. The number of hydrogen-bond donors (Lipinski definition) is 2. The van der Waals surface area contributed by atoms with Gasteiger partial charge in [-0.3, -0.25) is 4.90 Å². The molecule has 1 aromatic carbocycles. The molecule has 11 heteroatoms. The normalized spacial score (nSPS) is 37.8. The SMILES string of the molecule is CN1CC[C@]23c4c5ccc(OS(=O)(=O)C(F)(F)F)c4O[C@H]2[C@@H](O)C=C[C@@]3(O)[C@H]1C5. The lowest BCUT2D eigenvalue weighted by Gasteiger charge is -2.61. The number of aliphatic hydroxyl groups is 2. The van der Waals surface area contributed by atoms with Crippen LogP contribution in [0.3, 0.4) is 0 Å². The Balaban J connectivity index is 1.73. The molecule has 4 aliphatic rings. The second-order valence-corrected chi connectivity index (χ2v) is 9.58. The number of halogens is 3. The van der Waals surface area contributed by atoms with Crippen molar-refractivity contribution in [2.24, 2.45) is 0 Å². The fourth-order valence-electron chi connectivity index (χ4n) is 5.51. The average Bonchev–Trinajstić information content (AvgIpc) is 2.97. The van der Waals surface area contributed by atoms with Gasteiger partial charge in [-0.25, -0.2) is 0 Å². The van der Waals surface area contributed by atoms with Crippen LogP contribution in [0.15, 0.2) is 24.3 Å². The summed E-state index contributed by atoms with van der Waals surface area (Å²) < 4.78 is 71.9. The Morgan fingerprint density at radius 2 is 2.07 bits per heavy atom.